The van der Waals surface area contributed by atoms with Crippen LogP contribution in [0, 0.1) is 11.3 Å². The molecule has 2 saturated heterocycles. The van der Waals surface area contributed by atoms with Crippen molar-refractivity contribution in [2.45, 2.75) is 81.9 Å². The Kier molecular flexibility index (Phi) is 7.00. The van der Waals surface area contributed by atoms with Gasteiger partial charge in [0.1, 0.15) is 5.75 Å². The van der Waals surface area contributed by atoms with E-state index in [4.69, 9.17) is 9.72 Å². The second kappa shape index (κ2) is 10.9. The van der Waals surface area contributed by atoms with Crippen LogP contribution in [0.4, 0.5) is 0 Å². The van der Waals surface area contributed by atoms with Crippen LogP contribution in [0.1, 0.15) is 69.9 Å². The number of nitrogens with zero attached hydrogens (tertiary/aromatic N) is 3. The fourth-order valence-corrected chi connectivity index (χ4v) is 9.74. The van der Waals surface area contributed by atoms with E-state index in [0.717, 1.165) is 86.1 Å². The van der Waals surface area contributed by atoms with Crippen molar-refractivity contribution in [1.29, 1.82) is 0 Å². The number of aromatic amines is 1. The zero-order valence-electron chi connectivity index (χ0n) is 25.6. The fourth-order valence-electron chi connectivity index (χ4n) is 9.74. The summed E-state index contributed by atoms with van der Waals surface area (Å²) in [5, 5.41) is 15.4. The van der Waals surface area contributed by atoms with E-state index in [9.17, 15) is 5.11 Å². The van der Waals surface area contributed by atoms with Gasteiger partial charge in [-0.15, -0.1) is 0 Å². The van der Waals surface area contributed by atoms with Gasteiger partial charge in [0.05, 0.1) is 30.0 Å². The molecule has 1 unspecified atom stereocenters. The normalized spacial score (nSPS) is 36.4. The van der Waals surface area contributed by atoms with Crippen molar-refractivity contribution in [3.8, 4) is 5.75 Å². The molecule has 3 bridgehead atoms. The quantitative estimate of drug-likeness (QED) is 0.325. The summed E-state index contributed by atoms with van der Waals surface area (Å²) < 4.78 is 5.58. The van der Waals surface area contributed by atoms with E-state index >= 15 is 0 Å². The molecule has 6 atom stereocenters. The van der Waals surface area contributed by atoms with Crippen molar-refractivity contribution in [2.75, 3.05) is 33.3 Å². The first-order valence-electron chi connectivity index (χ1n) is 16.8. The maximum atomic E-state index is 13.1. The first kappa shape index (κ1) is 27.6. The Morgan fingerprint density at radius 1 is 0.977 bits per heavy atom. The number of aliphatic hydroxyl groups is 1. The number of fused-ring (bicyclic) bond motifs is 5. The Labute approximate surface area is 255 Å². The molecular formula is C37H46N4O2. The number of pyridine rings is 1. The van der Waals surface area contributed by atoms with Gasteiger partial charge in [-0.3, -0.25) is 9.88 Å². The van der Waals surface area contributed by atoms with Crippen molar-refractivity contribution in [2.24, 2.45) is 11.3 Å². The van der Waals surface area contributed by atoms with E-state index in [1.54, 1.807) is 7.11 Å². The average molecular weight is 579 g/mol. The number of hydrogen-bond acceptors (Lipinski definition) is 5. The minimum Gasteiger partial charge on any atom is -0.497 e. The van der Waals surface area contributed by atoms with Crippen molar-refractivity contribution < 1.29 is 9.84 Å². The molecule has 6 heterocycles. The number of rotatable bonds is 2. The SMILES string of the molecule is COc1ccc2[nH]c3c(C4=C[C@@]5(O)CC/C=C\CCCCN6CC[C@@H]4[C@]4(C[C@@H]7/C=C\CCCCN7[C@H]45)C6)nccc3c2c1. The standard InChI is InChI=1S/C37H46N4O2/c1-43-27-13-14-32-29(22-27)28-15-18-38-33(34(28)39-32)30-24-37(42)17-9-5-2-3-6-10-19-40-21-16-31(30)36(25-40)23-26-12-8-4-7-11-20-41(26)35(36)37/h2,5,8,12-15,18,22,24,26,31,35,39,42H,3-4,6-7,9-11,16-17,19-21,23,25H2,1H3/b5-2-,12-8-/t26-,31-,35+,36-,37-/m0/s1. The average Bonchev–Trinajstić information content (AvgIpc) is 3.52. The summed E-state index contributed by atoms with van der Waals surface area (Å²) in [6.45, 7) is 4.42. The number of nitrogens with one attached hydrogen (secondary N) is 1. The molecule has 1 aromatic carbocycles. The van der Waals surface area contributed by atoms with Crippen LogP contribution in [0.25, 0.3) is 27.4 Å². The molecule has 1 aliphatic carbocycles. The van der Waals surface area contributed by atoms with Gasteiger partial charge in [0.2, 0.25) is 0 Å². The van der Waals surface area contributed by atoms with Gasteiger partial charge >= 0.3 is 0 Å². The maximum Gasteiger partial charge on any atom is 0.119 e. The Bertz CT molecular complexity index is 1600. The molecule has 2 fully saturated rings. The van der Waals surface area contributed by atoms with Gasteiger partial charge in [0, 0.05) is 40.5 Å². The fraction of sp³-hybridized carbons (Fsp3) is 0.541. The minimum atomic E-state index is -0.923. The van der Waals surface area contributed by atoms with E-state index in [1.807, 2.05) is 12.3 Å². The molecule has 1 spiro atoms. The van der Waals surface area contributed by atoms with Gasteiger partial charge in [-0.05, 0) is 126 Å². The molecule has 6 heteroatoms. The lowest BCUT2D eigenvalue weighted by Gasteiger charge is -2.58. The lowest BCUT2D eigenvalue weighted by Crippen LogP contribution is -2.65. The predicted octanol–water partition coefficient (Wildman–Crippen LogP) is 6.86. The van der Waals surface area contributed by atoms with Crippen LogP contribution in [0.15, 0.2) is 60.8 Å². The highest BCUT2D eigenvalue weighted by atomic mass is 16.5. The largest absolute Gasteiger partial charge is 0.497 e. The molecular weight excluding hydrogens is 532 g/mol. The molecule has 8 rings (SSSR count). The number of benzene rings is 1. The molecule has 43 heavy (non-hydrogen) atoms. The van der Waals surface area contributed by atoms with Crippen LogP contribution in [0.5, 0.6) is 5.75 Å². The lowest BCUT2D eigenvalue weighted by molar-refractivity contribution is -0.0894. The highest BCUT2D eigenvalue weighted by molar-refractivity contribution is 6.10. The Hall–Kier alpha value is -2.93. The van der Waals surface area contributed by atoms with E-state index in [1.165, 1.54) is 43.1 Å². The van der Waals surface area contributed by atoms with Gasteiger partial charge in [-0.1, -0.05) is 24.3 Å². The van der Waals surface area contributed by atoms with Crippen LogP contribution in [0.3, 0.4) is 0 Å². The summed E-state index contributed by atoms with van der Waals surface area (Å²) in [7, 11) is 1.73. The Morgan fingerprint density at radius 3 is 2.74 bits per heavy atom. The van der Waals surface area contributed by atoms with Crippen LogP contribution >= 0.6 is 0 Å². The number of methoxy groups -OCH3 is 1. The molecule has 0 saturated carbocycles. The van der Waals surface area contributed by atoms with Gasteiger partial charge in [-0.2, -0.15) is 0 Å². The third-order valence-electron chi connectivity index (χ3n) is 11.5. The van der Waals surface area contributed by atoms with Crippen LogP contribution in [-0.4, -0.2) is 75.8 Å². The zero-order chi connectivity index (χ0) is 29.0. The third-order valence-corrected chi connectivity index (χ3v) is 11.5. The summed E-state index contributed by atoms with van der Waals surface area (Å²) in [4.78, 5) is 14.4. The molecule has 0 radical (unpaired) electrons. The van der Waals surface area contributed by atoms with E-state index in [2.05, 4.69) is 63.4 Å². The molecule has 4 aliphatic heterocycles. The molecule has 2 aromatic heterocycles. The van der Waals surface area contributed by atoms with Crippen LogP contribution in [-0.2, 0) is 0 Å². The second-order valence-corrected chi connectivity index (χ2v) is 13.9. The zero-order valence-corrected chi connectivity index (χ0v) is 25.6. The second-order valence-electron chi connectivity index (χ2n) is 13.9. The lowest BCUT2D eigenvalue weighted by atomic mass is 9.54. The number of hydrogen-bond donors (Lipinski definition) is 2. The van der Waals surface area contributed by atoms with Crippen molar-refractivity contribution in [3.63, 3.8) is 0 Å². The number of H-pyrrole nitrogens is 1. The molecule has 2 N–H and O–H groups in total. The molecule has 0 amide bonds. The number of piperidine rings is 1. The number of allylic oxidation sites excluding steroid dienone is 4. The highest BCUT2D eigenvalue weighted by Gasteiger charge is 2.65. The number of aromatic nitrogens is 2. The first-order chi connectivity index (χ1) is 21.1. The maximum absolute atomic E-state index is 13.1. The third kappa shape index (κ3) is 4.51. The summed E-state index contributed by atoms with van der Waals surface area (Å²) in [6, 6.07) is 8.89. The number of ether oxygens (including phenoxy) is 1. The molecule has 6 nitrogen and oxygen atoms in total. The Balaban J connectivity index is 1.34. The van der Waals surface area contributed by atoms with Gasteiger partial charge in [0.25, 0.3) is 0 Å². The monoisotopic (exact) mass is 578 g/mol. The van der Waals surface area contributed by atoms with Crippen molar-refractivity contribution in [3.05, 3.63) is 66.5 Å². The van der Waals surface area contributed by atoms with E-state index in [0.29, 0.717) is 12.0 Å². The van der Waals surface area contributed by atoms with Crippen molar-refractivity contribution >= 4 is 27.4 Å². The molecule has 3 aromatic rings. The van der Waals surface area contributed by atoms with E-state index in [-0.39, 0.29) is 11.5 Å². The van der Waals surface area contributed by atoms with Gasteiger partial charge < -0.3 is 19.7 Å². The topological polar surface area (TPSA) is 64.6 Å². The highest BCUT2D eigenvalue weighted by Crippen LogP contribution is 2.61. The van der Waals surface area contributed by atoms with Crippen LogP contribution < -0.4 is 4.74 Å². The van der Waals surface area contributed by atoms with Gasteiger partial charge in [0.15, 0.2) is 0 Å². The smallest absolute Gasteiger partial charge is 0.119 e. The van der Waals surface area contributed by atoms with E-state index < -0.39 is 5.60 Å². The Morgan fingerprint density at radius 2 is 1.84 bits per heavy atom. The first-order valence-corrected chi connectivity index (χ1v) is 16.8. The predicted molar refractivity (Wildman–Crippen MR) is 174 cm³/mol. The van der Waals surface area contributed by atoms with Crippen LogP contribution in [0.2, 0.25) is 0 Å². The molecule has 5 aliphatic rings. The minimum absolute atomic E-state index is 0.0206. The van der Waals surface area contributed by atoms with Gasteiger partial charge in [-0.25, -0.2) is 0 Å². The summed E-state index contributed by atoms with van der Waals surface area (Å²) in [6.07, 6.45) is 25.0. The summed E-state index contributed by atoms with van der Waals surface area (Å²) >= 11 is 0. The summed E-state index contributed by atoms with van der Waals surface area (Å²) in [5.74, 6) is 1.22. The van der Waals surface area contributed by atoms with Crippen molar-refractivity contribution in [1.82, 2.24) is 19.8 Å². The summed E-state index contributed by atoms with van der Waals surface area (Å²) in [5.41, 5.74) is 3.52. The molecule has 226 valence electrons.